The number of ether oxygens (including phenoxy) is 3. The van der Waals surface area contributed by atoms with Gasteiger partial charge in [-0.3, -0.25) is 4.79 Å². The van der Waals surface area contributed by atoms with Gasteiger partial charge in [-0.05, 0) is 46.8 Å². The maximum atomic E-state index is 12.5. The zero-order valence-corrected chi connectivity index (χ0v) is 24.1. The van der Waals surface area contributed by atoms with Crippen molar-refractivity contribution in [3.8, 4) is 22.9 Å². The van der Waals surface area contributed by atoms with Gasteiger partial charge >= 0.3 is 6.09 Å². The number of nitrogens with one attached hydrogen (secondary N) is 1. The summed E-state index contributed by atoms with van der Waals surface area (Å²) in [5.41, 5.74) is 3.75. The molecule has 11 heteroatoms. The third-order valence-corrected chi connectivity index (χ3v) is 7.37. The van der Waals surface area contributed by atoms with Crippen LogP contribution in [0.25, 0.3) is 16.8 Å². The lowest BCUT2D eigenvalue weighted by molar-refractivity contribution is -0.119. The summed E-state index contributed by atoms with van der Waals surface area (Å²) in [7, 11) is 1.65. The molecule has 2 amide bonds. The Morgan fingerprint density at radius 3 is 2.58 bits per heavy atom. The number of nitrogens with zero attached hydrogens (tertiary/aromatic N) is 5. The van der Waals surface area contributed by atoms with Crippen molar-refractivity contribution in [2.45, 2.75) is 52.7 Å². The number of hydrogen-bond acceptors (Lipinski definition) is 8. The predicted molar refractivity (Wildman–Crippen MR) is 151 cm³/mol. The first-order chi connectivity index (χ1) is 19.0. The van der Waals surface area contributed by atoms with Crippen molar-refractivity contribution in [2.24, 2.45) is 5.92 Å². The fourth-order valence-corrected chi connectivity index (χ4v) is 5.13. The van der Waals surface area contributed by atoms with Gasteiger partial charge in [-0.2, -0.15) is 5.10 Å². The molecule has 214 valence electrons. The molecule has 0 aliphatic carbocycles. The lowest BCUT2D eigenvalue weighted by Gasteiger charge is -2.37. The Morgan fingerprint density at radius 2 is 1.93 bits per heavy atom. The van der Waals surface area contributed by atoms with Crippen LogP contribution >= 0.6 is 0 Å². The Hall–Kier alpha value is -4.02. The van der Waals surface area contributed by atoms with Crippen LogP contribution < -0.4 is 19.7 Å². The molecule has 1 N–H and O–H groups in total. The van der Waals surface area contributed by atoms with Crippen LogP contribution in [0, 0.1) is 12.8 Å². The number of carbonyl (C=O) groups is 2. The van der Waals surface area contributed by atoms with Crippen molar-refractivity contribution >= 4 is 23.2 Å². The van der Waals surface area contributed by atoms with E-state index < -0.39 is 5.60 Å². The third-order valence-electron chi connectivity index (χ3n) is 7.37. The number of methoxy groups -OCH3 is 1. The van der Waals surface area contributed by atoms with Crippen LogP contribution in [0.1, 0.15) is 39.7 Å². The van der Waals surface area contributed by atoms with Gasteiger partial charge in [0.05, 0.1) is 30.9 Å². The van der Waals surface area contributed by atoms with Gasteiger partial charge < -0.3 is 29.3 Å². The third kappa shape index (κ3) is 5.78. The van der Waals surface area contributed by atoms with Gasteiger partial charge in [0.25, 0.3) is 0 Å². The lowest BCUT2D eigenvalue weighted by atomic mass is 10.0. The SMILES string of the molecule is COc1cc(-c2cn3ncc(C)c3c(O[C@H](C)[C@H]3CNC(=O)C3)n2)ccc1N1CCN(C(=O)OC(C)(C)C)CC1. The van der Waals surface area contributed by atoms with Gasteiger partial charge in [0.1, 0.15) is 23.0 Å². The second-order valence-corrected chi connectivity index (χ2v) is 11.5. The number of benzene rings is 1. The van der Waals surface area contributed by atoms with Crippen LogP contribution in [-0.2, 0) is 9.53 Å². The Morgan fingerprint density at radius 1 is 1.18 bits per heavy atom. The summed E-state index contributed by atoms with van der Waals surface area (Å²) in [6, 6.07) is 6.00. The normalized spacial score (nSPS) is 18.6. The summed E-state index contributed by atoms with van der Waals surface area (Å²) < 4.78 is 19.5. The zero-order chi connectivity index (χ0) is 28.6. The smallest absolute Gasteiger partial charge is 0.410 e. The van der Waals surface area contributed by atoms with Crippen LogP contribution in [0.15, 0.2) is 30.6 Å². The number of aromatic nitrogens is 3. The molecule has 1 aromatic carbocycles. The minimum absolute atomic E-state index is 0.0475. The van der Waals surface area contributed by atoms with E-state index in [1.807, 2.05) is 59.0 Å². The van der Waals surface area contributed by atoms with Crippen LogP contribution in [-0.4, -0.2) is 83.0 Å². The molecular formula is C29H38N6O5. The topological polar surface area (TPSA) is 111 Å². The van der Waals surface area contributed by atoms with Crippen LogP contribution in [0.5, 0.6) is 11.6 Å². The summed E-state index contributed by atoms with van der Waals surface area (Å²) >= 11 is 0. The molecule has 0 radical (unpaired) electrons. The standard InChI is InChI=1S/C29H38N6O5/c1-18-15-31-35-17-22(32-27(26(18)35)39-19(2)21-14-25(36)30-16-21)20-7-8-23(24(13-20)38-6)33-9-11-34(12-10-33)28(37)40-29(3,4)5/h7-8,13,15,17,19,21H,9-12,14,16H2,1-6H3,(H,30,36)/t19-,21-/m1/s1. The van der Waals surface area contributed by atoms with Gasteiger partial charge in [0.15, 0.2) is 0 Å². The van der Waals surface area contributed by atoms with E-state index in [0.717, 1.165) is 22.3 Å². The average Bonchev–Trinajstić information content (AvgIpc) is 3.53. The van der Waals surface area contributed by atoms with E-state index in [0.29, 0.717) is 56.5 Å². The summed E-state index contributed by atoms with van der Waals surface area (Å²) in [6.07, 6.45) is 3.64. The predicted octanol–water partition coefficient (Wildman–Crippen LogP) is 3.67. The Kier molecular flexibility index (Phi) is 7.48. The van der Waals surface area contributed by atoms with Gasteiger partial charge in [-0.15, -0.1) is 0 Å². The first-order valence-electron chi connectivity index (χ1n) is 13.7. The number of anilines is 1. The minimum atomic E-state index is -0.519. The van der Waals surface area contributed by atoms with Crippen molar-refractivity contribution in [1.82, 2.24) is 24.8 Å². The average molecular weight is 551 g/mol. The summed E-state index contributed by atoms with van der Waals surface area (Å²) in [5.74, 6) is 1.33. The molecule has 2 atom stereocenters. The molecule has 2 aliphatic heterocycles. The molecule has 0 saturated carbocycles. The van der Waals surface area contributed by atoms with Crippen molar-refractivity contribution in [3.05, 3.63) is 36.2 Å². The van der Waals surface area contributed by atoms with Crippen LogP contribution in [0.2, 0.25) is 0 Å². The first kappa shape index (κ1) is 27.5. The van der Waals surface area contributed by atoms with Crippen molar-refractivity contribution in [3.63, 3.8) is 0 Å². The second-order valence-electron chi connectivity index (χ2n) is 11.5. The molecule has 2 aromatic heterocycles. The zero-order valence-electron chi connectivity index (χ0n) is 24.1. The quantitative estimate of drug-likeness (QED) is 0.495. The minimum Gasteiger partial charge on any atom is -0.495 e. The highest BCUT2D eigenvalue weighted by Gasteiger charge is 2.30. The molecule has 40 heavy (non-hydrogen) atoms. The van der Waals surface area contributed by atoms with E-state index >= 15 is 0 Å². The fourth-order valence-electron chi connectivity index (χ4n) is 5.13. The summed E-state index contributed by atoms with van der Waals surface area (Å²) in [4.78, 5) is 33.1. The summed E-state index contributed by atoms with van der Waals surface area (Å²) in [5, 5.41) is 7.39. The van der Waals surface area contributed by atoms with Crippen LogP contribution in [0.4, 0.5) is 10.5 Å². The van der Waals surface area contributed by atoms with Crippen LogP contribution in [0.3, 0.4) is 0 Å². The molecule has 2 aliphatic rings. The maximum Gasteiger partial charge on any atom is 0.410 e. The van der Waals surface area contributed by atoms with E-state index in [9.17, 15) is 9.59 Å². The Labute approximate surface area is 234 Å². The molecule has 2 fully saturated rings. The van der Waals surface area contributed by atoms with E-state index in [1.165, 1.54) is 0 Å². The van der Waals surface area contributed by atoms with Gasteiger partial charge in [-0.25, -0.2) is 14.3 Å². The molecular weight excluding hydrogens is 512 g/mol. The number of amides is 2. The first-order valence-corrected chi connectivity index (χ1v) is 13.7. The van der Waals surface area contributed by atoms with E-state index in [2.05, 4.69) is 15.3 Å². The van der Waals surface area contributed by atoms with Gasteiger partial charge in [0, 0.05) is 56.2 Å². The highest BCUT2D eigenvalue weighted by Crippen LogP contribution is 2.35. The lowest BCUT2D eigenvalue weighted by Crippen LogP contribution is -2.50. The maximum absolute atomic E-state index is 12.5. The van der Waals surface area contributed by atoms with E-state index in [-0.39, 0.29) is 24.0 Å². The number of rotatable bonds is 6. The van der Waals surface area contributed by atoms with Gasteiger partial charge in [-0.1, -0.05) is 6.07 Å². The highest BCUT2D eigenvalue weighted by molar-refractivity contribution is 5.78. The number of fused-ring (bicyclic) bond motifs is 1. The molecule has 0 unspecified atom stereocenters. The Balaban J connectivity index is 1.37. The molecule has 5 rings (SSSR count). The number of piperazine rings is 1. The highest BCUT2D eigenvalue weighted by atomic mass is 16.6. The fraction of sp³-hybridized carbons (Fsp3) is 0.517. The number of aryl methyl sites for hydroxylation is 1. The Bertz CT molecular complexity index is 1410. The molecule has 0 bridgehead atoms. The molecule has 2 saturated heterocycles. The van der Waals surface area contributed by atoms with E-state index in [1.54, 1.807) is 22.7 Å². The number of hydrogen-bond donors (Lipinski definition) is 1. The van der Waals surface area contributed by atoms with E-state index in [4.69, 9.17) is 19.2 Å². The number of carbonyl (C=O) groups excluding carboxylic acids is 2. The summed E-state index contributed by atoms with van der Waals surface area (Å²) in [6.45, 7) is 12.6. The molecule has 4 heterocycles. The van der Waals surface area contributed by atoms with Gasteiger partial charge in [0.2, 0.25) is 11.8 Å². The molecule has 0 spiro atoms. The molecule has 3 aromatic rings. The van der Waals surface area contributed by atoms with Crippen molar-refractivity contribution in [2.75, 3.05) is 44.7 Å². The monoisotopic (exact) mass is 550 g/mol. The second kappa shape index (κ2) is 10.9. The largest absolute Gasteiger partial charge is 0.495 e. The molecule has 11 nitrogen and oxygen atoms in total. The van der Waals surface area contributed by atoms with Crippen molar-refractivity contribution in [1.29, 1.82) is 0 Å². The van der Waals surface area contributed by atoms with Crippen molar-refractivity contribution < 1.29 is 23.8 Å².